The molecular weight excluding hydrogens is 398 g/mol. The van der Waals surface area contributed by atoms with Crippen LogP contribution in [0.4, 0.5) is 4.79 Å². The van der Waals surface area contributed by atoms with E-state index in [1.165, 1.54) is 16.0 Å². The lowest BCUT2D eigenvalue weighted by Gasteiger charge is -2.38. The Hall–Kier alpha value is -2.64. The predicted molar refractivity (Wildman–Crippen MR) is 117 cm³/mol. The van der Waals surface area contributed by atoms with E-state index in [1.807, 2.05) is 13.0 Å². The normalized spacial score (nSPS) is 21.6. The molecule has 1 aromatic heterocycles. The number of thiophene rings is 1. The zero-order valence-corrected chi connectivity index (χ0v) is 18.1. The molecule has 0 unspecified atom stereocenters. The number of esters is 1. The number of carbonyl (C=O) groups excluding carboxylic acids is 2. The van der Waals surface area contributed by atoms with Gasteiger partial charge in [0.1, 0.15) is 0 Å². The van der Waals surface area contributed by atoms with Crippen molar-refractivity contribution in [2.24, 2.45) is 0 Å². The third-order valence-electron chi connectivity index (χ3n) is 5.69. The van der Waals surface area contributed by atoms with Crippen LogP contribution in [0.25, 0.3) is 0 Å². The number of amides is 2. The van der Waals surface area contributed by atoms with Crippen molar-refractivity contribution in [2.45, 2.75) is 38.8 Å². The highest BCUT2D eigenvalue weighted by Crippen LogP contribution is 2.38. The van der Waals surface area contributed by atoms with E-state index in [9.17, 15) is 9.59 Å². The molecule has 2 N–H and O–H groups in total. The molecule has 2 aliphatic rings. The van der Waals surface area contributed by atoms with E-state index in [1.54, 1.807) is 18.3 Å². The summed E-state index contributed by atoms with van der Waals surface area (Å²) in [6.07, 6.45) is 1.59. The lowest BCUT2D eigenvalue weighted by molar-refractivity contribution is -0.139. The summed E-state index contributed by atoms with van der Waals surface area (Å²) in [5.41, 5.74) is 3.69. The third-order valence-corrected chi connectivity index (χ3v) is 6.69. The number of nitrogens with zero attached hydrogens (tertiary/aromatic N) is 1. The zero-order chi connectivity index (χ0) is 21.1. The minimum absolute atomic E-state index is 0.0870. The fourth-order valence-electron chi connectivity index (χ4n) is 4.35. The molecule has 30 heavy (non-hydrogen) atoms. The Balaban J connectivity index is 1.72. The summed E-state index contributed by atoms with van der Waals surface area (Å²) in [7, 11) is 0. The van der Waals surface area contributed by atoms with E-state index in [0.717, 1.165) is 13.0 Å². The van der Waals surface area contributed by atoms with Gasteiger partial charge < -0.3 is 15.4 Å². The molecule has 2 amide bonds. The van der Waals surface area contributed by atoms with Gasteiger partial charge in [-0.05, 0) is 42.3 Å². The highest BCUT2D eigenvalue weighted by Gasteiger charge is 2.35. The molecule has 0 radical (unpaired) electrons. The molecule has 2 aromatic rings. The minimum atomic E-state index is -0.364. The Kier molecular flexibility index (Phi) is 6.20. The van der Waals surface area contributed by atoms with Crippen LogP contribution in [0.15, 0.2) is 53.0 Å². The molecule has 7 heteroatoms. The van der Waals surface area contributed by atoms with Crippen molar-refractivity contribution in [3.05, 3.63) is 69.1 Å². The molecule has 158 valence electrons. The topological polar surface area (TPSA) is 70.7 Å². The van der Waals surface area contributed by atoms with Gasteiger partial charge in [-0.25, -0.2) is 9.59 Å². The summed E-state index contributed by atoms with van der Waals surface area (Å²) in [5, 5.41) is 7.89. The molecule has 0 saturated heterocycles. The number of urea groups is 1. The quantitative estimate of drug-likeness (QED) is 0.694. The lowest BCUT2D eigenvalue weighted by Crippen LogP contribution is -2.52. The van der Waals surface area contributed by atoms with Crippen LogP contribution in [-0.2, 0) is 16.0 Å². The number of benzene rings is 1. The van der Waals surface area contributed by atoms with Gasteiger partial charge >= 0.3 is 12.0 Å². The van der Waals surface area contributed by atoms with Gasteiger partial charge in [-0.15, -0.1) is 11.3 Å². The Labute approximate surface area is 180 Å². The second-order valence-corrected chi connectivity index (χ2v) is 8.51. The number of hydrogen-bond donors (Lipinski definition) is 2. The number of fused-ring (bicyclic) bond motifs is 1. The van der Waals surface area contributed by atoms with E-state index in [2.05, 4.69) is 51.2 Å². The Morgan fingerprint density at radius 3 is 2.77 bits per heavy atom. The summed E-state index contributed by atoms with van der Waals surface area (Å²) in [6, 6.07) is 12.1. The summed E-state index contributed by atoms with van der Waals surface area (Å²) >= 11 is 1.80. The highest BCUT2D eigenvalue weighted by molar-refractivity contribution is 7.10. The number of ether oxygens (including phenoxy) is 1. The molecule has 3 heterocycles. The highest BCUT2D eigenvalue weighted by atomic mass is 32.1. The third kappa shape index (κ3) is 4.00. The molecule has 0 fully saturated rings. The monoisotopic (exact) mass is 425 g/mol. The van der Waals surface area contributed by atoms with Crippen molar-refractivity contribution in [3.8, 4) is 0 Å². The van der Waals surface area contributed by atoms with Gasteiger partial charge in [0.15, 0.2) is 0 Å². The summed E-state index contributed by atoms with van der Waals surface area (Å²) < 4.78 is 5.32. The lowest BCUT2D eigenvalue weighted by atomic mass is 9.92. The Bertz CT molecular complexity index is 954. The SMILES string of the molecule is CCOC(=O)C1=C(CN2CCc3sccc3[C@@H]2c2ccccc2)NC(=O)N[C@@H]1CC. The first-order chi connectivity index (χ1) is 14.6. The van der Waals surface area contributed by atoms with Crippen molar-refractivity contribution < 1.29 is 14.3 Å². The predicted octanol–water partition coefficient (Wildman–Crippen LogP) is 3.60. The molecule has 2 aliphatic heterocycles. The summed E-state index contributed by atoms with van der Waals surface area (Å²) in [5.74, 6) is -0.364. The standard InChI is InChI=1S/C23H27N3O3S/c1-3-17-20(22(27)29-4-2)18(25-23(28)24-17)14-26-12-10-19-16(11-13-30-19)21(26)15-8-6-5-7-9-15/h5-9,11,13,17,21H,3-4,10,12,14H2,1-2H3,(H2,24,25,28)/t17-,21+/m1/s1. The van der Waals surface area contributed by atoms with Crippen molar-refractivity contribution >= 4 is 23.3 Å². The fraction of sp³-hybridized carbons (Fsp3) is 0.391. The average molecular weight is 426 g/mol. The van der Waals surface area contributed by atoms with Crippen molar-refractivity contribution in [1.29, 1.82) is 0 Å². The van der Waals surface area contributed by atoms with Crippen LogP contribution in [0.1, 0.15) is 42.3 Å². The number of carbonyl (C=O) groups is 2. The van der Waals surface area contributed by atoms with Crippen LogP contribution in [-0.4, -0.2) is 42.6 Å². The molecule has 2 atom stereocenters. The van der Waals surface area contributed by atoms with Crippen LogP contribution >= 0.6 is 11.3 Å². The van der Waals surface area contributed by atoms with Crippen LogP contribution in [0, 0.1) is 0 Å². The van der Waals surface area contributed by atoms with Gasteiger partial charge in [0, 0.05) is 23.7 Å². The first-order valence-electron chi connectivity index (χ1n) is 10.4. The molecule has 4 rings (SSSR count). The van der Waals surface area contributed by atoms with Crippen molar-refractivity contribution in [1.82, 2.24) is 15.5 Å². The van der Waals surface area contributed by atoms with Gasteiger partial charge in [-0.1, -0.05) is 37.3 Å². The molecule has 0 spiro atoms. The molecule has 6 nitrogen and oxygen atoms in total. The Morgan fingerprint density at radius 2 is 2.03 bits per heavy atom. The maximum atomic E-state index is 12.7. The van der Waals surface area contributed by atoms with Crippen molar-refractivity contribution in [2.75, 3.05) is 19.7 Å². The van der Waals surface area contributed by atoms with Crippen LogP contribution in [0.3, 0.4) is 0 Å². The fourth-order valence-corrected chi connectivity index (χ4v) is 5.26. The molecule has 0 saturated carbocycles. The summed E-state index contributed by atoms with van der Waals surface area (Å²) in [4.78, 5) is 28.8. The van der Waals surface area contributed by atoms with Gasteiger partial charge in [-0.2, -0.15) is 0 Å². The molecule has 0 bridgehead atoms. The first kappa shape index (κ1) is 20.6. The second kappa shape index (κ2) is 9.02. The second-order valence-electron chi connectivity index (χ2n) is 7.50. The largest absolute Gasteiger partial charge is 0.463 e. The molecule has 1 aromatic carbocycles. The number of rotatable bonds is 6. The van der Waals surface area contributed by atoms with Crippen LogP contribution < -0.4 is 10.6 Å². The van der Waals surface area contributed by atoms with E-state index in [-0.39, 0.29) is 24.1 Å². The van der Waals surface area contributed by atoms with Crippen LogP contribution in [0.5, 0.6) is 0 Å². The van der Waals surface area contributed by atoms with Gasteiger partial charge in [0.25, 0.3) is 0 Å². The maximum Gasteiger partial charge on any atom is 0.337 e. The minimum Gasteiger partial charge on any atom is -0.463 e. The maximum absolute atomic E-state index is 12.7. The smallest absolute Gasteiger partial charge is 0.337 e. The van der Waals surface area contributed by atoms with E-state index < -0.39 is 0 Å². The molecular formula is C23H27N3O3S. The average Bonchev–Trinajstić information content (AvgIpc) is 3.22. The molecule has 0 aliphatic carbocycles. The van der Waals surface area contributed by atoms with E-state index in [4.69, 9.17) is 4.74 Å². The van der Waals surface area contributed by atoms with Gasteiger partial charge in [0.05, 0.1) is 24.3 Å². The number of nitrogens with one attached hydrogen (secondary N) is 2. The number of hydrogen-bond acceptors (Lipinski definition) is 5. The summed E-state index contributed by atoms with van der Waals surface area (Å²) in [6.45, 7) is 5.38. The van der Waals surface area contributed by atoms with Gasteiger partial charge in [-0.3, -0.25) is 4.90 Å². The van der Waals surface area contributed by atoms with E-state index in [0.29, 0.717) is 30.8 Å². The first-order valence-corrected chi connectivity index (χ1v) is 11.3. The Morgan fingerprint density at radius 1 is 1.23 bits per heavy atom. The van der Waals surface area contributed by atoms with Crippen molar-refractivity contribution in [3.63, 3.8) is 0 Å². The van der Waals surface area contributed by atoms with Gasteiger partial charge in [0.2, 0.25) is 0 Å². The zero-order valence-electron chi connectivity index (χ0n) is 17.3. The van der Waals surface area contributed by atoms with E-state index >= 15 is 0 Å². The van der Waals surface area contributed by atoms with Crippen LogP contribution in [0.2, 0.25) is 0 Å².